The van der Waals surface area contributed by atoms with Gasteiger partial charge in [0.25, 0.3) is 0 Å². The van der Waals surface area contributed by atoms with Crippen LogP contribution in [0.1, 0.15) is 28.6 Å². The zero-order valence-corrected chi connectivity index (χ0v) is 13.9. The Kier molecular flexibility index (Phi) is 4.61. The van der Waals surface area contributed by atoms with E-state index in [-0.39, 0.29) is 11.7 Å². The van der Waals surface area contributed by atoms with Gasteiger partial charge in [-0.25, -0.2) is 5.43 Å². The molecule has 0 saturated heterocycles. The van der Waals surface area contributed by atoms with Crippen molar-refractivity contribution in [3.63, 3.8) is 0 Å². The molecule has 0 fully saturated rings. The fraction of sp³-hybridized carbons (Fsp3) is 0.105. The highest BCUT2D eigenvalue weighted by Crippen LogP contribution is 2.24. The predicted octanol–water partition coefficient (Wildman–Crippen LogP) is 3.46. The van der Waals surface area contributed by atoms with Crippen molar-refractivity contribution in [2.45, 2.75) is 13.8 Å². The second-order valence-corrected chi connectivity index (χ2v) is 5.55. The summed E-state index contributed by atoms with van der Waals surface area (Å²) in [6.45, 7) is 3.29. The zero-order chi connectivity index (χ0) is 17.8. The number of hydrogen-bond acceptors (Lipinski definition) is 4. The number of carbonyl (C=O) groups is 2. The highest BCUT2D eigenvalue weighted by atomic mass is 16.3. The zero-order valence-electron chi connectivity index (χ0n) is 13.9. The fourth-order valence-corrected chi connectivity index (χ4v) is 2.46. The normalized spacial score (nSPS) is 11.0. The van der Waals surface area contributed by atoms with Gasteiger partial charge in [0.2, 0.25) is 5.91 Å². The fourth-order valence-electron chi connectivity index (χ4n) is 2.46. The van der Waals surface area contributed by atoms with Gasteiger partial charge in [-0.3, -0.25) is 9.59 Å². The molecule has 2 amide bonds. The Morgan fingerprint density at radius 2 is 1.80 bits per heavy atom. The molecule has 1 aromatic heterocycles. The van der Waals surface area contributed by atoms with Gasteiger partial charge in [0, 0.05) is 23.6 Å². The molecule has 2 N–H and O–H groups in total. The van der Waals surface area contributed by atoms with E-state index >= 15 is 0 Å². The molecule has 3 rings (SSSR count). The van der Waals surface area contributed by atoms with Crippen molar-refractivity contribution in [2.24, 2.45) is 5.10 Å². The molecule has 3 aromatic rings. The van der Waals surface area contributed by atoms with Crippen LogP contribution in [0, 0.1) is 6.92 Å². The number of rotatable bonds is 4. The number of benzene rings is 2. The Morgan fingerprint density at radius 1 is 1.08 bits per heavy atom. The van der Waals surface area contributed by atoms with Gasteiger partial charge in [0.15, 0.2) is 5.76 Å². The van der Waals surface area contributed by atoms with E-state index in [1.54, 1.807) is 24.3 Å². The molecule has 6 nitrogen and oxygen atoms in total. The molecule has 0 radical (unpaired) electrons. The first kappa shape index (κ1) is 16.4. The minimum Gasteiger partial charge on any atom is -0.451 e. The molecule has 0 unspecified atom stereocenters. The van der Waals surface area contributed by atoms with E-state index in [0.29, 0.717) is 11.3 Å². The summed E-state index contributed by atoms with van der Waals surface area (Å²) >= 11 is 0. The molecule has 0 spiro atoms. The van der Waals surface area contributed by atoms with Crippen LogP contribution in [0.4, 0.5) is 5.69 Å². The van der Waals surface area contributed by atoms with Crippen molar-refractivity contribution < 1.29 is 14.0 Å². The molecule has 25 heavy (non-hydrogen) atoms. The Morgan fingerprint density at radius 3 is 2.48 bits per heavy atom. The molecule has 0 saturated carbocycles. The number of furan rings is 1. The predicted molar refractivity (Wildman–Crippen MR) is 96.8 cm³/mol. The van der Waals surface area contributed by atoms with Crippen molar-refractivity contribution in [1.82, 2.24) is 5.43 Å². The molecule has 2 aromatic carbocycles. The first-order valence-corrected chi connectivity index (χ1v) is 7.74. The van der Waals surface area contributed by atoms with Crippen molar-refractivity contribution in [1.29, 1.82) is 0 Å². The quantitative estimate of drug-likeness (QED) is 0.566. The molecule has 0 aliphatic heterocycles. The third-order valence-electron chi connectivity index (χ3n) is 3.66. The van der Waals surface area contributed by atoms with E-state index in [1.807, 2.05) is 31.2 Å². The van der Waals surface area contributed by atoms with Crippen LogP contribution in [0.15, 0.2) is 58.0 Å². The Bertz CT molecular complexity index is 956. The maximum Gasteiger partial charge on any atom is 0.307 e. The van der Waals surface area contributed by atoms with Crippen LogP contribution in [-0.4, -0.2) is 18.0 Å². The summed E-state index contributed by atoms with van der Waals surface area (Å²) in [6.07, 6.45) is 1.52. The number of hydrazone groups is 1. The topological polar surface area (TPSA) is 83.7 Å². The van der Waals surface area contributed by atoms with E-state index in [2.05, 4.69) is 15.8 Å². The lowest BCUT2D eigenvalue weighted by Crippen LogP contribution is -2.17. The second-order valence-electron chi connectivity index (χ2n) is 5.55. The van der Waals surface area contributed by atoms with Gasteiger partial charge < -0.3 is 9.73 Å². The number of anilines is 1. The molecule has 126 valence electrons. The minimum absolute atomic E-state index is 0.130. The first-order valence-electron chi connectivity index (χ1n) is 7.74. The van der Waals surface area contributed by atoms with Crippen LogP contribution in [0.2, 0.25) is 0 Å². The smallest absolute Gasteiger partial charge is 0.307 e. The van der Waals surface area contributed by atoms with Gasteiger partial charge in [0.05, 0.1) is 6.21 Å². The van der Waals surface area contributed by atoms with E-state index in [1.165, 1.54) is 13.1 Å². The van der Waals surface area contributed by atoms with Gasteiger partial charge in [0.1, 0.15) is 5.58 Å². The summed E-state index contributed by atoms with van der Waals surface area (Å²) in [4.78, 5) is 23.2. The Balaban J connectivity index is 1.67. The summed E-state index contributed by atoms with van der Waals surface area (Å²) in [7, 11) is 0. The molecular weight excluding hydrogens is 318 g/mol. The summed E-state index contributed by atoms with van der Waals surface area (Å²) in [5.41, 5.74) is 5.40. The van der Waals surface area contributed by atoms with E-state index in [9.17, 15) is 9.59 Å². The van der Waals surface area contributed by atoms with Crippen molar-refractivity contribution >= 4 is 34.7 Å². The van der Waals surface area contributed by atoms with Gasteiger partial charge in [-0.2, -0.15) is 5.10 Å². The number of nitrogens with one attached hydrogen (secondary N) is 2. The lowest BCUT2D eigenvalue weighted by molar-refractivity contribution is -0.114. The van der Waals surface area contributed by atoms with Crippen LogP contribution in [0.5, 0.6) is 0 Å². The van der Waals surface area contributed by atoms with Crippen LogP contribution < -0.4 is 10.7 Å². The molecule has 0 aliphatic carbocycles. The highest BCUT2D eigenvalue weighted by molar-refractivity contribution is 5.99. The summed E-state index contributed by atoms with van der Waals surface area (Å²) < 4.78 is 5.59. The number of amides is 2. The number of nitrogens with zero attached hydrogens (tertiary/aromatic N) is 1. The number of hydrogen-bond donors (Lipinski definition) is 2. The molecule has 0 bridgehead atoms. The average molecular weight is 335 g/mol. The van der Waals surface area contributed by atoms with Crippen molar-refractivity contribution in [3.05, 3.63) is 65.4 Å². The molecule has 0 atom stereocenters. The highest BCUT2D eigenvalue weighted by Gasteiger charge is 2.16. The molecule has 1 heterocycles. The van der Waals surface area contributed by atoms with Crippen LogP contribution >= 0.6 is 0 Å². The summed E-state index contributed by atoms with van der Waals surface area (Å²) in [5, 5.41) is 7.54. The first-order chi connectivity index (χ1) is 12.0. The summed E-state index contributed by atoms with van der Waals surface area (Å²) in [5.74, 6) is -0.283. The molecular formula is C19H17N3O3. The average Bonchev–Trinajstić information content (AvgIpc) is 2.93. The van der Waals surface area contributed by atoms with Crippen molar-refractivity contribution in [3.8, 4) is 0 Å². The molecule has 0 aliphatic rings. The van der Waals surface area contributed by atoms with E-state index in [0.717, 1.165) is 16.5 Å². The van der Waals surface area contributed by atoms with E-state index < -0.39 is 5.91 Å². The maximum atomic E-state index is 12.2. The minimum atomic E-state index is -0.403. The van der Waals surface area contributed by atoms with Crippen LogP contribution in [0.25, 0.3) is 11.0 Å². The van der Waals surface area contributed by atoms with Gasteiger partial charge in [-0.1, -0.05) is 30.3 Å². The number of carbonyl (C=O) groups excluding carboxylic acids is 2. The Labute approximate surface area is 144 Å². The van der Waals surface area contributed by atoms with Crippen molar-refractivity contribution in [2.75, 3.05) is 5.32 Å². The SMILES string of the molecule is CC(=O)Nc1ccc(/C=N\NC(=O)c2oc3ccccc3c2C)cc1. The lowest BCUT2D eigenvalue weighted by atomic mass is 10.1. The number of fused-ring (bicyclic) bond motifs is 1. The standard InChI is InChI=1S/C19H17N3O3/c1-12-16-5-3-4-6-17(16)25-18(12)19(24)22-20-11-14-7-9-15(10-8-14)21-13(2)23/h3-11H,1-2H3,(H,21,23)(H,22,24)/b20-11-. The number of para-hydroxylation sites is 1. The van der Waals surface area contributed by atoms with Crippen LogP contribution in [-0.2, 0) is 4.79 Å². The molecule has 6 heteroatoms. The van der Waals surface area contributed by atoms with E-state index in [4.69, 9.17) is 4.42 Å². The Hall–Kier alpha value is -3.41. The van der Waals surface area contributed by atoms with Gasteiger partial charge >= 0.3 is 5.91 Å². The van der Waals surface area contributed by atoms with Crippen LogP contribution in [0.3, 0.4) is 0 Å². The van der Waals surface area contributed by atoms with Gasteiger partial charge in [-0.15, -0.1) is 0 Å². The third kappa shape index (κ3) is 3.74. The van der Waals surface area contributed by atoms with Gasteiger partial charge in [-0.05, 0) is 30.7 Å². The lowest BCUT2D eigenvalue weighted by Gasteiger charge is -2.01. The summed E-state index contributed by atoms with van der Waals surface area (Å²) in [6, 6.07) is 14.6. The third-order valence-corrected chi connectivity index (χ3v) is 3.66. The maximum absolute atomic E-state index is 12.2. The second kappa shape index (κ2) is 7.00. The largest absolute Gasteiger partial charge is 0.451 e. The monoisotopic (exact) mass is 335 g/mol. The number of aryl methyl sites for hydroxylation is 1.